The Morgan fingerprint density at radius 2 is 2.10 bits per heavy atom. The number of aryl methyl sites for hydroxylation is 1. The summed E-state index contributed by atoms with van der Waals surface area (Å²) in [5.41, 5.74) is 1.55. The molecule has 1 aliphatic carbocycles. The number of rotatable bonds is 3. The third-order valence-corrected chi connectivity index (χ3v) is 4.28. The minimum atomic E-state index is -0.760. The summed E-state index contributed by atoms with van der Waals surface area (Å²) < 4.78 is 0.940. The second-order valence-corrected chi connectivity index (χ2v) is 6.25. The highest BCUT2D eigenvalue weighted by molar-refractivity contribution is 9.10. The van der Waals surface area contributed by atoms with E-state index in [4.69, 9.17) is 5.11 Å². The summed E-state index contributed by atoms with van der Waals surface area (Å²) in [5, 5.41) is 12.0. The first-order chi connectivity index (χ1) is 9.47. The van der Waals surface area contributed by atoms with Crippen molar-refractivity contribution in [1.82, 2.24) is 5.32 Å². The molecule has 0 saturated heterocycles. The van der Waals surface area contributed by atoms with Crippen LogP contribution in [0.1, 0.15) is 41.6 Å². The largest absolute Gasteiger partial charge is 0.481 e. The van der Waals surface area contributed by atoms with Crippen molar-refractivity contribution >= 4 is 27.8 Å². The van der Waals surface area contributed by atoms with Crippen molar-refractivity contribution in [1.29, 1.82) is 0 Å². The van der Waals surface area contributed by atoms with E-state index in [-0.39, 0.29) is 17.9 Å². The van der Waals surface area contributed by atoms with Crippen LogP contribution in [-0.4, -0.2) is 23.0 Å². The topological polar surface area (TPSA) is 66.4 Å². The quantitative estimate of drug-likeness (QED) is 0.888. The Hall–Kier alpha value is -1.36. The molecule has 0 aliphatic heterocycles. The molecule has 0 heterocycles. The molecule has 20 heavy (non-hydrogen) atoms. The van der Waals surface area contributed by atoms with Crippen molar-refractivity contribution in [2.45, 2.75) is 38.6 Å². The van der Waals surface area contributed by atoms with Gasteiger partial charge < -0.3 is 10.4 Å². The van der Waals surface area contributed by atoms with Gasteiger partial charge in [-0.25, -0.2) is 0 Å². The fraction of sp³-hybridized carbons (Fsp3) is 0.467. The van der Waals surface area contributed by atoms with Crippen molar-refractivity contribution in [2.24, 2.45) is 5.92 Å². The van der Waals surface area contributed by atoms with Gasteiger partial charge in [-0.3, -0.25) is 9.59 Å². The van der Waals surface area contributed by atoms with Crippen molar-refractivity contribution < 1.29 is 14.7 Å². The van der Waals surface area contributed by atoms with E-state index in [2.05, 4.69) is 21.2 Å². The van der Waals surface area contributed by atoms with Crippen molar-refractivity contribution in [3.8, 4) is 0 Å². The second kappa shape index (κ2) is 6.39. The lowest BCUT2D eigenvalue weighted by molar-refractivity contribution is -0.143. The summed E-state index contributed by atoms with van der Waals surface area (Å²) in [7, 11) is 0. The maximum Gasteiger partial charge on any atom is 0.306 e. The highest BCUT2D eigenvalue weighted by Gasteiger charge is 2.28. The zero-order chi connectivity index (χ0) is 14.7. The monoisotopic (exact) mass is 339 g/mol. The summed E-state index contributed by atoms with van der Waals surface area (Å²) >= 11 is 3.37. The normalized spacial score (nSPS) is 22.3. The van der Waals surface area contributed by atoms with Gasteiger partial charge >= 0.3 is 5.97 Å². The van der Waals surface area contributed by atoms with Gasteiger partial charge in [-0.05, 0) is 49.9 Å². The predicted molar refractivity (Wildman–Crippen MR) is 79.7 cm³/mol. The van der Waals surface area contributed by atoms with Crippen LogP contribution in [0, 0.1) is 12.8 Å². The smallest absolute Gasteiger partial charge is 0.306 e. The Kier molecular flexibility index (Phi) is 4.81. The van der Waals surface area contributed by atoms with Crippen molar-refractivity contribution in [3.63, 3.8) is 0 Å². The van der Waals surface area contributed by atoms with Gasteiger partial charge in [0.1, 0.15) is 0 Å². The van der Waals surface area contributed by atoms with E-state index in [1.165, 1.54) is 0 Å². The number of carboxylic acid groups (broad SMARTS) is 1. The Bertz CT molecular complexity index is 530. The van der Waals surface area contributed by atoms with Gasteiger partial charge in [-0.2, -0.15) is 0 Å². The molecular formula is C15H18BrNO3. The molecule has 1 fully saturated rings. The Balaban J connectivity index is 2.02. The van der Waals surface area contributed by atoms with E-state index < -0.39 is 5.97 Å². The molecule has 0 radical (unpaired) electrons. The number of carbonyl (C=O) groups excluding carboxylic acids is 1. The van der Waals surface area contributed by atoms with Crippen LogP contribution in [-0.2, 0) is 4.79 Å². The molecule has 1 saturated carbocycles. The van der Waals surface area contributed by atoms with Gasteiger partial charge in [0.25, 0.3) is 5.91 Å². The lowest BCUT2D eigenvalue weighted by atomic mass is 9.85. The van der Waals surface area contributed by atoms with E-state index in [0.717, 1.165) is 22.9 Å². The van der Waals surface area contributed by atoms with E-state index >= 15 is 0 Å². The molecular weight excluding hydrogens is 322 g/mol. The van der Waals surface area contributed by atoms with Gasteiger partial charge in [0.15, 0.2) is 0 Å². The molecule has 5 heteroatoms. The molecule has 1 aromatic carbocycles. The maximum absolute atomic E-state index is 12.2. The first-order valence-electron chi connectivity index (χ1n) is 6.77. The molecule has 2 rings (SSSR count). The molecule has 0 aromatic heterocycles. The van der Waals surface area contributed by atoms with Crippen molar-refractivity contribution in [3.05, 3.63) is 33.8 Å². The number of nitrogens with one attached hydrogen (secondary N) is 1. The average Bonchev–Trinajstić information content (AvgIpc) is 2.38. The van der Waals surface area contributed by atoms with E-state index in [9.17, 15) is 9.59 Å². The SMILES string of the molecule is Cc1cc(Br)ccc1C(=O)NC1CCCC(C(=O)O)C1. The minimum absolute atomic E-state index is 0.0413. The molecule has 0 bridgehead atoms. The number of amides is 1. The molecule has 1 aliphatic rings. The second-order valence-electron chi connectivity index (χ2n) is 5.33. The van der Waals surface area contributed by atoms with Crippen LogP contribution in [0.15, 0.2) is 22.7 Å². The van der Waals surface area contributed by atoms with Crippen LogP contribution in [0.4, 0.5) is 0 Å². The van der Waals surface area contributed by atoms with E-state index in [1.807, 2.05) is 19.1 Å². The Morgan fingerprint density at radius 3 is 2.75 bits per heavy atom. The summed E-state index contributed by atoms with van der Waals surface area (Å²) in [6, 6.07) is 5.48. The van der Waals surface area contributed by atoms with E-state index in [0.29, 0.717) is 18.4 Å². The van der Waals surface area contributed by atoms with Gasteiger partial charge in [0, 0.05) is 16.1 Å². The van der Waals surface area contributed by atoms with Gasteiger partial charge in [-0.1, -0.05) is 22.4 Å². The first kappa shape index (κ1) is 15.0. The molecule has 4 nitrogen and oxygen atoms in total. The number of hydrogen-bond donors (Lipinski definition) is 2. The summed E-state index contributed by atoms with van der Waals surface area (Å²) in [4.78, 5) is 23.3. The minimum Gasteiger partial charge on any atom is -0.481 e. The zero-order valence-corrected chi connectivity index (χ0v) is 12.9. The molecule has 1 aromatic rings. The van der Waals surface area contributed by atoms with Gasteiger partial charge in [0.05, 0.1) is 5.92 Å². The standard InChI is InChI=1S/C15H18BrNO3/c1-9-7-11(16)5-6-13(9)14(18)17-12-4-2-3-10(8-12)15(19)20/h5-7,10,12H,2-4,8H2,1H3,(H,17,18)(H,19,20). The molecule has 1 amide bonds. The number of carbonyl (C=O) groups is 2. The third-order valence-electron chi connectivity index (χ3n) is 3.79. The Labute approximate surface area is 126 Å². The van der Waals surface area contributed by atoms with Crippen molar-refractivity contribution in [2.75, 3.05) is 0 Å². The van der Waals surface area contributed by atoms with Gasteiger partial charge in [-0.15, -0.1) is 0 Å². The van der Waals surface area contributed by atoms with Crippen LogP contribution in [0.3, 0.4) is 0 Å². The lowest BCUT2D eigenvalue weighted by Gasteiger charge is -2.27. The molecule has 2 atom stereocenters. The van der Waals surface area contributed by atoms with Crippen LogP contribution >= 0.6 is 15.9 Å². The average molecular weight is 340 g/mol. The third kappa shape index (κ3) is 3.60. The van der Waals surface area contributed by atoms with Crippen LogP contribution in [0.5, 0.6) is 0 Å². The highest BCUT2D eigenvalue weighted by atomic mass is 79.9. The highest BCUT2D eigenvalue weighted by Crippen LogP contribution is 2.25. The van der Waals surface area contributed by atoms with Crippen LogP contribution in [0.25, 0.3) is 0 Å². The summed E-state index contributed by atoms with van der Waals surface area (Å²) in [6.07, 6.45) is 2.93. The molecule has 2 N–H and O–H groups in total. The number of hydrogen-bond acceptors (Lipinski definition) is 2. The van der Waals surface area contributed by atoms with Crippen LogP contribution in [0.2, 0.25) is 0 Å². The fourth-order valence-corrected chi connectivity index (χ4v) is 3.17. The number of benzene rings is 1. The zero-order valence-electron chi connectivity index (χ0n) is 11.4. The summed E-state index contributed by atoms with van der Waals surface area (Å²) in [6.45, 7) is 1.89. The summed E-state index contributed by atoms with van der Waals surface area (Å²) in [5.74, 6) is -1.21. The number of carboxylic acids is 1. The first-order valence-corrected chi connectivity index (χ1v) is 7.56. The molecule has 0 spiro atoms. The predicted octanol–water partition coefficient (Wildman–Crippen LogP) is 3.13. The Morgan fingerprint density at radius 1 is 1.35 bits per heavy atom. The molecule has 2 unspecified atom stereocenters. The number of aliphatic carboxylic acids is 1. The van der Waals surface area contributed by atoms with E-state index in [1.54, 1.807) is 6.07 Å². The van der Waals surface area contributed by atoms with Gasteiger partial charge in [0.2, 0.25) is 0 Å². The fourth-order valence-electron chi connectivity index (χ4n) is 2.69. The molecule has 108 valence electrons. The van der Waals surface area contributed by atoms with Crippen LogP contribution < -0.4 is 5.32 Å². The number of halogens is 1. The lowest BCUT2D eigenvalue weighted by Crippen LogP contribution is -2.40. The maximum atomic E-state index is 12.2.